The number of esters is 3. The van der Waals surface area contributed by atoms with Gasteiger partial charge in [0.05, 0.1) is 0 Å². The van der Waals surface area contributed by atoms with E-state index in [9.17, 15) is 24.5 Å². The van der Waals surface area contributed by atoms with E-state index in [0.29, 0.717) is 0 Å². The maximum Gasteiger partial charge on any atom is 0.303 e. The highest BCUT2D eigenvalue weighted by atomic mass is 16.6. The van der Waals surface area contributed by atoms with Gasteiger partial charge in [-0.1, -0.05) is 6.08 Å². The van der Waals surface area contributed by atoms with Crippen LogP contribution in [0.4, 0.5) is 0 Å². The summed E-state index contributed by atoms with van der Waals surface area (Å²) in [7, 11) is 0. The molecule has 0 amide bonds. The molecule has 0 aromatic rings. The van der Waals surface area contributed by atoms with Gasteiger partial charge in [-0.15, -0.1) is 0 Å². The van der Waals surface area contributed by atoms with Crippen LogP contribution in [0.5, 0.6) is 0 Å². The first-order valence-corrected chi connectivity index (χ1v) is 6.91. The Balaban J connectivity index is 5.05. The Kier molecular flexibility index (Phi) is 9.21. The molecule has 130 valence electrons. The fourth-order valence-corrected chi connectivity index (χ4v) is 1.54. The van der Waals surface area contributed by atoms with Crippen molar-refractivity contribution in [3.05, 3.63) is 22.3 Å². The minimum Gasteiger partial charge on any atom is -0.462 e. The van der Waals surface area contributed by atoms with Gasteiger partial charge in [0.25, 0.3) is 0 Å². The SMILES string of the molecule is CC(=O)OCC(OC(C)=O)C(/C=C/CC(C)[N+](=O)[O-])OC(C)=O. The van der Waals surface area contributed by atoms with Crippen LogP contribution in [0.2, 0.25) is 0 Å². The van der Waals surface area contributed by atoms with Crippen LogP contribution < -0.4 is 0 Å². The van der Waals surface area contributed by atoms with E-state index in [-0.39, 0.29) is 13.0 Å². The van der Waals surface area contributed by atoms with Crippen molar-refractivity contribution < 1.29 is 33.5 Å². The highest BCUT2D eigenvalue weighted by Crippen LogP contribution is 2.10. The molecule has 9 heteroatoms. The van der Waals surface area contributed by atoms with Gasteiger partial charge in [-0.2, -0.15) is 0 Å². The number of nitrogens with zero attached hydrogens (tertiary/aromatic N) is 1. The molecule has 0 aliphatic rings. The van der Waals surface area contributed by atoms with Gasteiger partial charge in [-0.05, 0) is 6.08 Å². The lowest BCUT2D eigenvalue weighted by Gasteiger charge is -2.23. The van der Waals surface area contributed by atoms with Crippen LogP contribution in [0.15, 0.2) is 12.2 Å². The largest absolute Gasteiger partial charge is 0.462 e. The van der Waals surface area contributed by atoms with E-state index in [0.717, 1.165) is 13.8 Å². The average molecular weight is 331 g/mol. The van der Waals surface area contributed by atoms with Crippen molar-refractivity contribution in [3.63, 3.8) is 0 Å². The second kappa shape index (κ2) is 10.3. The van der Waals surface area contributed by atoms with Gasteiger partial charge in [-0.3, -0.25) is 24.5 Å². The topological polar surface area (TPSA) is 122 Å². The lowest BCUT2D eigenvalue weighted by molar-refractivity contribution is -0.517. The Bertz CT molecular complexity index is 473. The normalized spacial score (nSPS) is 14.6. The summed E-state index contributed by atoms with van der Waals surface area (Å²) in [4.78, 5) is 43.3. The van der Waals surface area contributed by atoms with Gasteiger partial charge in [0.2, 0.25) is 6.04 Å². The molecule has 3 unspecified atom stereocenters. The fraction of sp³-hybridized carbons (Fsp3) is 0.643. The third-order valence-electron chi connectivity index (χ3n) is 2.60. The molecule has 3 atom stereocenters. The number of rotatable bonds is 9. The monoisotopic (exact) mass is 331 g/mol. The highest BCUT2D eigenvalue weighted by molar-refractivity contribution is 5.68. The summed E-state index contributed by atoms with van der Waals surface area (Å²) in [5, 5.41) is 10.6. The Morgan fingerprint density at radius 2 is 1.65 bits per heavy atom. The summed E-state index contributed by atoms with van der Waals surface area (Å²) in [5.74, 6) is -1.87. The second-order valence-corrected chi connectivity index (χ2v) is 4.82. The molecule has 0 rings (SSSR count). The summed E-state index contributed by atoms with van der Waals surface area (Å²) in [6.45, 7) is 4.62. The Labute approximate surface area is 133 Å². The molecule has 0 aliphatic heterocycles. The molecular formula is C14H21NO8. The number of ether oxygens (including phenoxy) is 3. The van der Waals surface area contributed by atoms with Crippen molar-refractivity contribution in [3.8, 4) is 0 Å². The first kappa shape index (κ1) is 20.6. The van der Waals surface area contributed by atoms with Gasteiger partial charge in [0.1, 0.15) is 6.61 Å². The van der Waals surface area contributed by atoms with Crippen LogP contribution in [0.3, 0.4) is 0 Å². The molecule has 0 saturated carbocycles. The van der Waals surface area contributed by atoms with E-state index in [4.69, 9.17) is 14.2 Å². The Hall–Kier alpha value is -2.45. The second-order valence-electron chi connectivity index (χ2n) is 4.82. The third-order valence-corrected chi connectivity index (χ3v) is 2.60. The van der Waals surface area contributed by atoms with E-state index >= 15 is 0 Å². The van der Waals surface area contributed by atoms with Crippen LogP contribution in [0.1, 0.15) is 34.1 Å². The van der Waals surface area contributed by atoms with Crippen molar-refractivity contribution in [1.29, 1.82) is 0 Å². The number of nitro groups is 1. The maximum absolute atomic E-state index is 11.2. The van der Waals surface area contributed by atoms with Crippen LogP contribution in [0, 0.1) is 10.1 Å². The molecule has 0 spiro atoms. The number of carbonyl (C=O) groups excluding carboxylic acids is 3. The molecular weight excluding hydrogens is 310 g/mol. The summed E-state index contributed by atoms with van der Waals surface area (Å²) in [6.07, 6.45) is 0.867. The first-order valence-electron chi connectivity index (χ1n) is 6.91. The molecule has 0 aromatic carbocycles. The molecule has 0 fully saturated rings. The molecule has 0 saturated heterocycles. The van der Waals surface area contributed by atoms with Gasteiger partial charge < -0.3 is 14.2 Å². The van der Waals surface area contributed by atoms with E-state index in [1.54, 1.807) is 0 Å². The standard InChI is InChI=1S/C14H21NO8/c1-9(15(19)20)6-5-7-13(22-11(3)17)14(23-12(4)18)8-21-10(2)16/h5,7,9,13-14H,6,8H2,1-4H3/b7-5+. The molecule has 0 aliphatic carbocycles. The van der Waals surface area contributed by atoms with Crippen molar-refractivity contribution in [1.82, 2.24) is 0 Å². The van der Waals surface area contributed by atoms with Crippen LogP contribution in [-0.4, -0.2) is 47.7 Å². The molecule has 0 aromatic heterocycles. The van der Waals surface area contributed by atoms with Crippen molar-refractivity contribution in [2.75, 3.05) is 6.61 Å². The van der Waals surface area contributed by atoms with Gasteiger partial charge in [0, 0.05) is 39.0 Å². The van der Waals surface area contributed by atoms with Crippen LogP contribution in [0.25, 0.3) is 0 Å². The average Bonchev–Trinajstić information content (AvgIpc) is 2.41. The predicted octanol–water partition coefficient (Wildman–Crippen LogP) is 1.02. The third kappa shape index (κ3) is 9.99. The summed E-state index contributed by atoms with van der Waals surface area (Å²) in [5.41, 5.74) is 0. The Morgan fingerprint density at radius 3 is 2.09 bits per heavy atom. The van der Waals surface area contributed by atoms with Gasteiger partial charge in [-0.25, -0.2) is 0 Å². The van der Waals surface area contributed by atoms with Crippen LogP contribution in [-0.2, 0) is 28.6 Å². The summed E-state index contributed by atoms with van der Waals surface area (Å²) < 4.78 is 14.8. The molecule has 0 bridgehead atoms. The summed E-state index contributed by atoms with van der Waals surface area (Å²) >= 11 is 0. The fourth-order valence-electron chi connectivity index (χ4n) is 1.54. The van der Waals surface area contributed by atoms with Crippen molar-refractivity contribution in [2.24, 2.45) is 0 Å². The zero-order valence-electron chi connectivity index (χ0n) is 13.5. The Morgan fingerprint density at radius 1 is 1.09 bits per heavy atom. The minimum absolute atomic E-state index is 0.102. The molecule has 0 N–H and O–H groups in total. The van der Waals surface area contributed by atoms with Crippen molar-refractivity contribution >= 4 is 17.9 Å². The van der Waals surface area contributed by atoms with E-state index < -0.39 is 41.1 Å². The molecule has 0 radical (unpaired) electrons. The quantitative estimate of drug-likeness (QED) is 0.202. The van der Waals surface area contributed by atoms with E-state index in [2.05, 4.69) is 0 Å². The zero-order valence-corrected chi connectivity index (χ0v) is 13.5. The number of carbonyl (C=O) groups is 3. The zero-order chi connectivity index (χ0) is 18.0. The number of hydrogen-bond donors (Lipinski definition) is 0. The number of hydrogen-bond acceptors (Lipinski definition) is 8. The highest BCUT2D eigenvalue weighted by Gasteiger charge is 2.26. The van der Waals surface area contributed by atoms with Gasteiger partial charge in [0.15, 0.2) is 12.2 Å². The van der Waals surface area contributed by atoms with Crippen LogP contribution >= 0.6 is 0 Å². The van der Waals surface area contributed by atoms with Crippen molar-refractivity contribution in [2.45, 2.75) is 52.4 Å². The van der Waals surface area contributed by atoms with Gasteiger partial charge >= 0.3 is 17.9 Å². The predicted molar refractivity (Wildman–Crippen MR) is 78.0 cm³/mol. The molecule has 9 nitrogen and oxygen atoms in total. The maximum atomic E-state index is 11.2. The van der Waals surface area contributed by atoms with E-state index in [1.165, 1.54) is 26.0 Å². The lowest BCUT2D eigenvalue weighted by atomic mass is 10.1. The smallest absolute Gasteiger partial charge is 0.303 e. The lowest BCUT2D eigenvalue weighted by Crippen LogP contribution is -2.37. The first-order chi connectivity index (χ1) is 10.6. The molecule has 0 heterocycles. The van der Waals surface area contributed by atoms with E-state index in [1.807, 2.05) is 0 Å². The minimum atomic E-state index is -1.04. The molecule has 23 heavy (non-hydrogen) atoms. The summed E-state index contributed by atoms with van der Waals surface area (Å²) in [6, 6.07) is -0.815.